The molecule has 0 saturated carbocycles. The number of benzene rings is 2. The van der Waals surface area contributed by atoms with Gasteiger partial charge in [-0.15, -0.1) is 0 Å². The van der Waals surface area contributed by atoms with Gasteiger partial charge in [0.2, 0.25) is 0 Å². The smallest absolute Gasteiger partial charge is 0.150 e. The van der Waals surface area contributed by atoms with Crippen LogP contribution in [0.3, 0.4) is 0 Å². The molecule has 1 nitrogen and oxygen atoms in total. The minimum atomic E-state index is 0.730. The molecule has 0 N–H and O–H groups in total. The number of carbonyl (C=O) groups is 1. The molecular formula is C14H11BrO. The second kappa shape index (κ2) is 4.62. The zero-order chi connectivity index (χ0) is 11.5. The van der Waals surface area contributed by atoms with Crippen LogP contribution in [0.2, 0.25) is 0 Å². The normalized spacial score (nSPS) is 10.1. The Morgan fingerprint density at radius 2 is 1.81 bits per heavy atom. The minimum Gasteiger partial charge on any atom is -0.298 e. The number of rotatable bonds is 2. The molecule has 80 valence electrons. The summed E-state index contributed by atoms with van der Waals surface area (Å²) in [6.45, 7) is 2.04. The monoisotopic (exact) mass is 274 g/mol. The molecule has 0 saturated heterocycles. The molecule has 0 amide bonds. The summed E-state index contributed by atoms with van der Waals surface area (Å²) in [5.41, 5.74) is 3.98. The number of carbonyl (C=O) groups excluding carboxylic acids is 1. The lowest BCUT2D eigenvalue weighted by Gasteiger charge is -2.08. The van der Waals surface area contributed by atoms with Crippen LogP contribution in [0, 0.1) is 6.92 Å². The van der Waals surface area contributed by atoms with E-state index in [1.807, 2.05) is 43.3 Å². The van der Waals surface area contributed by atoms with Crippen molar-refractivity contribution in [3.05, 3.63) is 58.1 Å². The van der Waals surface area contributed by atoms with Crippen LogP contribution in [0.4, 0.5) is 0 Å². The molecule has 0 spiro atoms. The first-order valence-corrected chi connectivity index (χ1v) is 5.82. The number of hydrogen-bond acceptors (Lipinski definition) is 1. The number of aldehydes is 1. The zero-order valence-electron chi connectivity index (χ0n) is 8.91. The molecular weight excluding hydrogens is 264 g/mol. The highest BCUT2D eigenvalue weighted by Gasteiger charge is 2.06. The summed E-state index contributed by atoms with van der Waals surface area (Å²) in [6.07, 6.45) is 0.900. The van der Waals surface area contributed by atoms with Crippen LogP contribution in [0.5, 0.6) is 0 Å². The van der Waals surface area contributed by atoms with E-state index in [0.29, 0.717) is 0 Å². The van der Waals surface area contributed by atoms with E-state index in [4.69, 9.17) is 0 Å². The summed E-state index contributed by atoms with van der Waals surface area (Å²) in [5.74, 6) is 0. The van der Waals surface area contributed by atoms with Crippen molar-refractivity contribution in [1.82, 2.24) is 0 Å². The van der Waals surface area contributed by atoms with E-state index in [2.05, 4.69) is 22.0 Å². The molecule has 0 bridgehead atoms. The van der Waals surface area contributed by atoms with Crippen LogP contribution in [-0.2, 0) is 0 Å². The van der Waals surface area contributed by atoms with Gasteiger partial charge in [0.25, 0.3) is 0 Å². The van der Waals surface area contributed by atoms with Crippen LogP contribution in [-0.4, -0.2) is 6.29 Å². The molecule has 0 radical (unpaired) electrons. The van der Waals surface area contributed by atoms with Gasteiger partial charge in [0.15, 0.2) is 6.29 Å². The third kappa shape index (κ3) is 2.07. The van der Waals surface area contributed by atoms with E-state index in [1.54, 1.807) is 0 Å². The summed E-state index contributed by atoms with van der Waals surface area (Å²) >= 11 is 3.43. The third-order valence-electron chi connectivity index (χ3n) is 2.57. The summed E-state index contributed by atoms with van der Waals surface area (Å²) in [5, 5.41) is 0. The second-order valence-electron chi connectivity index (χ2n) is 3.66. The van der Waals surface area contributed by atoms with Crippen molar-refractivity contribution in [1.29, 1.82) is 0 Å². The molecule has 2 heteroatoms. The molecule has 16 heavy (non-hydrogen) atoms. The van der Waals surface area contributed by atoms with E-state index < -0.39 is 0 Å². The number of hydrogen-bond donors (Lipinski definition) is 0. The predicted molar refractivity (Wildman–Crippen MR) is 69.7 cm³/mol. The second-order valence-corrected chi connectivity index (χ2v) is 4.58. The molecule has 0 unspecified atom stereocenters. The van der Waals surface area contributed by atoms with Gasteiger partial charge >= 0.3 is 0 Å². The molecule has 0 fully saturated rings. The van der Waals surface area contributed by atoms with Gasteiger partial charge in [-0.2, -0.15) is 0 Å². The van der Waals surface area contributed by atoms with Crippen LogP contribution in [0.25, 0.3) is 11.1 Å². The predicted octanol–water partition coefficient (Wildman–Crippen LogP) is 4.24. The quantitative estimate of drug-likeness (QED) is 0.749. The van der Waals surface area contributed by atoms with Gasteiger partial charge in [-0.3, -0.25) is 4.79 Å². The highest BCUT2D eigenvalue weighted by atomic mass is 79.9. The summed E-state index contributed by atoms with van der Waals surface area (Å²) in [4.78, 5) is 11.0. The third-order valence-corrected chi connectivity index (χ3v) is 3.06. The average molecular weight is 275 g/mol. The van der Waals surface area contributed by atoms with E-state index >= 15 is 0 Å². The Kier molecular flexibility index (Phi) is 3.20. The summed E-state index contributed by atoms with van der Waals surface area (Å²) < 4.78 is 1.05. The van der Waals surface area contributed by atoms with Crippen molar-refractivity contribution in [3.8, 4) is 11.1 Å². The Hall–Kier alpha value is -1.41. The lowest BCUT2D eigenvalue weighted by Crippen LogP contribution is -1.89. The lowest BCUT2D eigenvalue weighted by molar-refractivity contribution is 0.112. The van der Waals surface area contributed by atoms with E-state index in [0.717, 1.165) is 33.0 Å². The van der Waals surface area contributed by atoms with Crippen molar-refractivity contribution >= 4 is 22.2 Å². The Labute approximate surface area is 103 Å². The van der Waals surface area contributed by atoms with Crippen molar-refractivity contribution in [2.75, 3.05) is 0 Å². The fraction of sp³-hybridized carbons (Fsp3) is 0.0714. The van der Waals surface area contributed by atoms with Crippen LogP contribution < -0.4 is 0 Å². The summed E-state index contributed by atoms with van der Waals surface area (Å²) in [6, 6.07) is 13.7. The Bertz CT molecular complexity index is 532. The van der Waals surface area contributed by atoms with Gasteiger partial charge in [-0.1, -0.05) is 46.3 Å². The SMILES string of the molecule is Cc1cc(Br)ccc1-c1ccccc1C=O. The Balaban J connectivity index is 2.62. The molecule has 0 aromatic heterocycles. The molecule has 0 aliphatic rings. The van der Waals surface area contributed by atoms with Crippen molar-refractivity contribution in [2.45, 2.75) is 6.92 Å². The zero-order valence-corrected chi connectivity index (χ0v) is 10.5. The van der Waals surface area contributed by atoms with Crippen LogP contribution in [0.1, 0.15) is 15.9 Å². The van der Waals surface area contributed by atoms with Gasteiger partial charge in [-0.25, -0.2) is 0 Å². The Morgan fingerprint density at radius 1 is 1.06 bits per heavy atom. The van der Waals surface area contributed by atoms with E-state index in [-0.39, 0.29) is 0 Å². The lowest BCUT2D eigenvalue weighted by atomic mass is 9.97. The highest BCUT2D eigenvalue weighted by molar-refractivity contribution is 9.10. The first-order valence-electron chi connectivity index (χ1n) is 5.03. The van der Waals surface area contributed by atoms with Crippen molar-refractivity contribution in [3.63, 3.8) is 0 Å². The van der Waals surface area contributed by atoms with Crippen LogP contribution in [0.15, 0.2) is 46.9 Å². The maximum atomic E-state index is 11.0. The van der Waals surface area contributed by atoms with Gasteiger partial charge in [0, 0.05) is 10.0 Å². The Morgan fingerprint density at radius 3 is 2.50 bits per heavy atom. The van der Waals surface area contributed by atoms with E-state index in [1.165, 1.54) is 0 Å². The fourth-order valence-electron chi connectivity index (χ4n) is 1.77. The molecule has 0 aliphatic heterocycles. The highest BCUT2D eigenvalue weighted by Crippen LogP contribution is 2.28. The molecule has 0 aliphatic carbocycles. The maximum absolute atomic E-state index is 11.0. The minimum absolute atomic E-state index is 0.730. The molecule has 2 aromatic rings. The number of halogens is 1. The largest absolute Gasteiger partial charge is 0.298 e. The molecule has 2 rings (SSSR count). The van der Waals surface area contributed by atoms with Crippen molar-refractivity contribution < 1.29 is 4.79 Å². The van der Waals surface area contributed by atoms with Gasteiger partial charge in [0.1, 0.15) is 0 Å². The van der Waals surface area contributed by atoms with Crippen molar-refractivity contribution in [2.24, 2.45) is 0 Å². The fourth-order valence-corrected chi connectivity index (χ4v) is 2.25. The van der Waals surface area contributed by atoms with Gasteiger partial charge < -0.3 is 0 Å². The maximum Gasteiger partial charge on any atom is 0.150 e. The molecule has 0 heterocycles. The topological polar surface area (TPSA) is 17.1 Å². The van der Waals surface area contributed by atoms with E-state index in [9.17, 15) is 4.79 Å². The summed E-state index contributed by atoms with van der Waals surface area (Å²) in [7, 11) is 0. The standard InChI is InChI=1S/C14H11BrO/c1-10-8-12(15)6-7-13(10)14-5-3-2-4-11(14)9-16/h2-9H,1H3. The van der Waals surface area contributed by atoms with Gasteiger partial charge in [0.05, 0.1) is 0 Å². The molecule has 2 aromatic carbocycles. The first-order chi connectivity index (χ1) is 7.72. The number of aryl methyl sites for hydroxylation is 1. The van der Waals surface area contributed by atoms with Gasteiger partial charge in [-0.05, 0) is 35.7 Å². The first kappa shape index (κ1) is 11.1. The molecule has 0 atom stereocenters. The van der Waals surface area contributed by atoms with Crippen LogP contribution >= 0.6 is 15.9 Å². The average Bonchev–Trinajstić information content (AvgIpc) is 2.29.